The lowest BCUT2D eigenvalue weighted by Gasteiger charge is -2.11. The summed E-state index contributed by atoms with van der Waals surface area (Å²) < 4.78 is 38.7. The number of oxime groups is 1. The Balaban J connectivity index is 1.56. The Bertz CT molecular complexity index is 1140. The number of benzene rings is 1. The second kappa shape index (κ2) is 8.29. The Labute approximate surface area is 175 Å². The van der Waals surface area contributed by atoms with Crippen molar-refractivity contribution in [3.8, 4) is 11.3 Å². The molecule has 1 aliphatic rings. The molecular formula is C21H20F3N5O2. The molecule has 2 aromatic heterocycles. The van der Waals surface area contributed by atoms with Gasteiger partial charge < -0.3 is 15.5 Å². The van der Waals surface area contributed by atoms with Crippen molar-refractivity contribution < 1.29 is 22.8 Å². The number of halogens is 3. The summed E-state index contributed by atoms with van der Waals surface area (Å²) in [5.74, 6) is 0.406. The number of carbonyl (C=O) groups excluding carboxylic acids is 1. The SMILES string of the molecule is CO/N=C(/c1ccn2c(-c3cccc(NC(=O)NCC(F)(F)F)c3)cnc2c1)C1CC1. The standard InChI is InChI=1S/C21H20F3N5O2/c1-31-28-19(13-5-6-13)15-7-8-29-17(11-25-18(29)10-15)14-3-2-4-16(9-14)27-20(30)26-12-21(22,23)24/h2-4,7-11,13H,5-6,12H2,1H3,(H2,26,27,30)/b28-19+. The number of pyridine rings is 1. The molecule has 4 rings (SSSR count). The van der Waals surface area contributed by atoms with Crippen molar-refractivity contribution in [2.45, 2.75) is 19.0 Å². The van der Waals surface area contributed by atoms with E-state index in [4.69, 9.17) is 4.84 Å². The molecule has 0 radical (unpaired) electrons. The highest BCUT2D eigenvalue weighted by Gasteiger charge is 2.30. The van der Waals surface area contributed by atoms with Crippen molar-refractivity contribution in [3.05, 3.63) is 54.4 Å². The Morgan fingerprint density at radius 1 is 1.29 bits per heavy atom. The van der Waals surface area contributed by atoms with Crippen LogP contribution < -0.4 is 10.6 Å². The fourth-order valence-corrected chi connectivity index (χ4v) is 3.28. The van der Waals surface area contributed by atoms with Crippen LogP contribution in [-0.2, 0) is 4.84 Å². The van der Waals surface area contributed by atoms with Gasteiger partial charge in [-0.05, 0) is 37.1 Å². The maximum absolute atomic E-state index is 12.3. The van der Waals surface area contributed by atoms with Gasteiger partial charge in [0, 0.05) is 28.9 Å². The monoisotopic (exact) mass is 431 g/mol. The fraction of sp³-hybridized carbons (Fsp3) is 0.286. The first-order valence-electron chi connectivity index (χ1n) is 9.64. The van der Waals surface area contributed by atoms with Gasteiger partial charge in [-0.15, -0.1) is 0 Å². The number of fused-ring (bicyclic) bond motifs is 1. The number of nitrogens with one attached hydrogen (secondary N) is 2. The van der Waals surface area contributed by atoms with Crippen molar-refractivity contribution in [3.63, 3.8) is 0 Å². The average Bonchev–Trinajstić information content (AvgIpc) is 3.48. The Morgan fingerprint density at radius 2 is 2.10 bits per heavy atom. The van der Waals surface area contributed by atoms with E-state index in [0.29, 0.717) is 11.6 Å². The Kier molecular flexibility index (Phi) is 5.53. The lowest BCUT2D eigenvalue weighted by Crippen LogP contribution is -2.36. The average molecular weight is 431 g/mol. The number of alkyl halides is 3. The number of nitrogens with zero attached hydrogens (tertiary/aromatic N) is 3. The highest BCUT2D eigenvalue weighted by atomic mass is 19.4. The van der Waals surface area contributed by atoms with Gasteiger partial charge in [0.05, 0.1) is 17.6 Å². The van der Waals surface area contributed by atoms with Gasteiger partial charge in [-0.1, -0.05) is 17.3 Å². The molecule has 1 fully saturated rings. The summed E-state index contributed by atoms with van der Waals surface area (Å²) in [6.45, 7) is -1.40. The number of imidazole rings is 1. The molecule has 31 heavy (non-hydrogen) atoms. The molecule has 7 nitrogen and oxygen atoms in total. The predicted octanol–water partition coefficient (Wildman–Crippen LogP) is 4.45. The van der Waals surface area contributed by atoms with Crippen LogP contribution in [0, 0.1) is 5.92 Å². The van der Waals surface area contributed by atoms with E-state index < -0.39 is 18.8 Å². The summed E-state index contributed by atoms with van der Waals surface area (Å²) in [7, 11) is 1.53. The van der Waals surface area contributed by atoms with Crippen molar-refractivity contribution in [1.82, 2.24) is 14.7 Å². The number of urea groups is 1. The second-order valence-corrected chi connectivity index (χ2v) is 7.22. The van der Waals surface area contributed by atoms with Crippen molar-refractivity contribution in [2.24, 2.45) is 11.1 Å². The van der Waals surface area contributed by atoms with Crippen LogP contribution in [0.15, 0.2) is 53.9 Å². The molecule has 0 saturated heterocycles. The topological polar surface area (TPSA) is 80.0 Å². The zero-order valence-corrected chi connectivity index (χ0v) is 16.6. The van der Waals surface area contributed by atoms with Crippen molar-refractivity contribution in [1.29, 1.82) is 0 Å². The lowest BCUT2D eigenvalue weighted by atomic mass is 10.1. The third-order valence-corrected chi connectivity index (χ3v) is 4.83. The van der Waals surface area contributed by atoms with Crippen LogP contribution in [0.4, 0.5) is 23.7 Å². The second-order valence-electron chi connectivity index (χ2n) is 7.22. The molecule has 0 aliphatic heterocycles. The summed E-state index contributed by atoms with van der Waals surface area (Å²) in [6, 6.07) is 9.76. The molecule has 2 N–H and O–H groups in total. The highest BCUT2D eigenvalue weighted by molar-refractivity contribution is 6.04. The minimum Gasteiger partial charge on any atom is -0.399 e. The molecule has 0 spiro atoms. The molecule has 0 bridgehead atoms. The smallest absolute Gasteiger partial charge is 0.399 e. The van der Waals surface area contributed by atoms with E-state index in [2.05, 4.69) is 15.5 Å². The molecule has 10 heteroatoms. The van der Waals surface area contributed by atoms with Crippen LogP contribution >= 0.6 is 0 Å². The molecule has 162 valence electrons. The van der Waals surface area contributed by atoms with E-state index in [1.54, 1.807) is 29.7 Å². The zero-order chi connectivity index (χ0) is 22.0. The zero-order valence-electron chi connectivity index (χ0n) is 16.6. The van der Waals surface area contributed by atoms with Gasteiger partial charge in [-0.2, -0.15) is 13.2 Å². The molecule has 0 atom stereocenters. The summed E-state index contributed by atoms with van der Waals surface area (Å²) in [6.07, 6.45) is 1.29. The van der Waals surface area contributed by atoms with Gasteiger partial charge in [0.1, 0.15) is 19.3 Å². The molecule has 3 aromatic rings. The molecule has 1 saturated carbocycles. The number of hydrogen-bond donors (Lipinski definition) is 2. The first-order chi connectivity index (χ1) is 14.8. The van der Waals surface area contributed by atoms with E-state index in [0.717, 1.165) is 41.0 Å². The minimum absolute atomic E-state index is 0.368. The quantitative estimate of drug-likeness (QED) is 0.447. The van der Waals surface area contributed by atoms with Crippen LogP contribution in [-0.4, -0.2) is 41.0 Å². The van der Waals surface area contributed by atoms with E-state index in [-0.39, 0.29) is 0 Å². The fourth-order valence-electron chi connectivity index (χ4n) is 3.28. The first-order valence-corrected chi connectivity index (χ1v) is 9.64. The van der Waals surface area contributed by atoms with Gasteiger partial charge in [-0.3, -0.25) is 4.40 Å². The first kappa shape index (κ1) is 20.7. The summed E-state index contributed by atoms with van der Waals surface area (Å²) in [5.41, 5.74) is 4.47. The molecule has 2 heterocycles. The van der Waals surface area contributed by atoms with Crippen molar-refractivity contribution in [2.75, 3.05) is 19.0 Å². The van der Waals surface area contributed by atoms with Crippen LogP contribution in [0.25, 0.3) is 16.9 Å². The van der Waals surface area contributed by atoms with E-state index in [9.17, 15) is 18.0 Å². The summed E-state index contributed by atoms with van der Waals surface area (Å²) in [4.78, 5) is 21.2. The van der Waals surface area contributed by atoms with Crippen LogP contribution in [0.3, 0.4) is 0 Å². The van der Waals surface area contributed by atoms with Gasteiger partial charge in [-0.25, -0.2) is 9.78 Å². The number of aromatic nitrogens is 2. The molecule has 0 unspecified atom stereocenters. The summed E-state index contributed by atoms with van der Waals surface area (Å²) >= 11 is 0. The van der Waals surface area contributed by atoms with E-state index in [1.165, 1.54) is 7.11 Å². The number of carbonyl (C=O) groups is 1. The number of rotatable bonds is 6. The molecule has 1 aliphatic carbocycles. The number of amides is 2. The van der Waals surface area contributed by atoms with Gasteiger partial charge in [0.15, 0.2) is 0 Å². The largest absolute Gasteiger partial charge is 0.405 e. The van der Waals surface area contributed by atoms with Crippen LogP contribution in [0.2, 0.25) is 0 Å². The third-order valence-electron chi connectivity index (χ3n) is 4.83. The Morgan fingerprint density at radius 3 is 2.81 bits per heavy atom. The van der Waals surface area contributed by atoms with Crippen LogP contribution in [0.5, 0.6) is 0 Å². The minimum atomic E-state index is -4.47. The Hall–Kier alpha value is -3.56. The maximum Gasteiger partial charge on any atom is 0.405 e. The van der Waals surface area contributed by atoms with Gasteiger partial charge >= 0.3 is 12.2 Å². The third kappa shape index (κ3) is 4.96. The summed E-state index contributed by atoms with van der Waals surface area (Å²) in [5, 5.41) is 8.36. The van der Waals surface area contributed by atoms with Crippen molar-refractivity contribution >= 4 is 23.1 Å². The number of hydrogen-bond acceptors (Lipinski definition) is 4. The maximum atomic E-state index is 12.3. The predicted molar refractivity (Wildman–Crippen MR) is 110 cm³/mol. The number of anilines is 1. The lowest BCUT2D eigenvalue weighted by molar-refractivity contribution is -0.122. The van der Waals surface area contributed by atoms with Gasteiger partial charge in [0.2, 0.25) is 0 Å². The molecule has 2 amide bonds. The highest BCUT2D eigenvalue weighted by Crippen LogP contribution is 2.34. The molecular weight excluding hydrogens is 411 g/mol. The van der Waals surface area contributed by atoms with E-state index in [1.807, 2.05) is 28.8 Å². The van der Waals surface area contributed by atoms with E-state index >= 15 is 0 Å². The normalized spacial score (nSPS) is 14.5. The molecule has 1 aromatic carbocycles. The van der Waals surface area contributed by atoms with Gasteiger partial charge in [0.25, 0.3) is 0 Å². The van der Waals surface area contributed by atoms with Crippen LogP contribution in [0.1, 0.15) is 18.4 Å².